The minimum absolute atomic E-state index is 0.107. The molecule has 2 rings (SSSR count). The lowest BCUT2D eigenvalue weighted by Crippen LogP contribution is -1.95. The lowest BCUT2D eigenvalue weighted by molar-refractivity contribution is 0.305. The van der Waals surface area contributed by atoms with Crippen LogP contribution in [0.5, 0.6) is 5.75 Å². The summed E-state index contributed by atoms with van der Waals surface area (Å²) in [7, 11) is 0. The van der Waals surface area contributed by atoms with Crippen molar-refractivity contribution in [3.05, 3.63) is 65.2 Å². The van der Waals surface area contributed by atoms with Crippen LogP contribution in [0.4, 0.5) is 0 Å². The summed E-state index contributed by atoms with van der Waals surface area (Å²) in [6, 6.07) is 16.0. The van der Waals surface area contributed by atoms with Crippen LogP contribution >= 0.6 is 0 Å². The Kier molecular flexibility index (Phi) is 5.23. The van der Waals surface area contributed by atoms with E-state index in [1.165, 1.54) is 5.56 Å². The smallest absolute Gasteiger partial charge is 0.119 e. The number of aliphatic hydroxyl groups excluding tert-OH is 1. The third-order valence-electron chi connectivity index (χ3n) is 2.85. The number of hydrogen-bond donors (Lipinski definition) is 1. The van der Waals surface area contributed by atoms with Crippen LogP contribution in [-0.2, 0) is 6.61 Å². The minimum atomic E-state index is 0.107. The molecule has 2 nitrogen and oxygen atoms in total. The normalized spacial score (nSPS) is 9.70. The first-order valence-corrected chi connectivity index (χ1v) is 6.66. The van der Waals surface area contributed by atoms with Gasteiger partial charge >= 0.3 is 0 Å². The summed E-state index contributed by atoms with van der Waals surface area (Å²) in [5.41, 5.74) is 3.29. The first-order chi connectivity index (χ1) is 9.78. The SMILES string of the molecule is Cc1ccc(OCc2ccc(C#CCCO)cc2)cc1. The lowest BCUT2D eigenvalue weighted by Gasteiger charge is -2.06. The van der Waals surface area contributed by atoms with Crippen LogP contribution in [0.25, 0.3) is 0 Å². The van der Waals surface area contributed by atoms with Gasteiger partial charge in [0.2, 0.25) is 0 Å². The van der Waals surface area contributed by atoms with Crippen molar-refractivity contribution in [1.29, 1.82) is 0 Å². The van der Waals surface area contributed by atoms with E-state index < -0.39 is 0 Å². The van der Waals surface area contributed by atoms with Gasteiger partial charge < -0.3 is 9.84 Å². The Balaban J connectivity index is 1.91. The highest BCUT2D eigenvalue weighted by atomic mass is 16.5. The molecule has 0 heterocycles. The molecule has 102 valence electrons. The van der Waals surface area contributed by atoms with E-state index in [0.29, 0.717) is 13.0 Å². The van der Waals surface area contributed by atoms with Gasteiger partial charge in [0.05, 0.1) is 6.61 Å². The Morgan fingerprint density at radius 3 is 2.35 bits per heavy atom. The zero-order chi connectivity index (χ0) is 14.2. The Bertz CT molecular complexity index is 586. The third-order valence-corrected chi connectivity index (χ3v) is 2.85. The van der Waals surface area contributed by atoms with E-state index >= 15 is 0 Å². The van der Waals surface area contributed by atoms with E-state index in [9.17, 15) is 0 Å². The maximum atomic E-state index is 8.66. The van der Waals surface area contributed by atoms with Crippen molar-refractivity contribution >= 4 is 0 Å². The van der Waals surface area contributed by atoms with Crippen LogP contribution in [0.15, 0.2) is 48.5 Å². The predicted molar refractivity (Wildman–Crippen MR) is 80.5 cm³/mol. The maximum Gasteiger partial charge on any atom is 0.119 e. The standard InChI is InChI=1S/C18H18O2/c1-15-5-11-18(12-6-15)20-14-17-9-7-16(8-10-17)4-2-3-13-19/h5-12,19H,3,13-14H2,1H3. The van der Waals surface area contributed by atoms with E-state index in [4.69, 9.17) is 9.84 Å². The molecule has 0 atom stereocenters. The fourth-order valence-electron chi connectivity index (χ4n) is 1.71. The van der Waals surface area contributed by atoms with Crippen molar-refractivity contribution in [2.75, 3.05) is 6.61 Å². The molecule has 0 radical (unpaired) electrons. The van der Waals surface area contributed by atoms with Gasteiger partial charge in [-0.05, 0) is 36.8 Å². The monoisotopic (exact) mass is 266 g/mol. The number of aryl methyl sites for hydroxylation is 1. The molecule has 2 aromatic rings. The summed E-state index contributed by atoms with van der Waals surface area (Å²) < 4.78 is 5.72. The van der Waals surface area contributed by atoms with Crippen molar-refractivity contribution in [1.82, 2.24) is 0 Å². The van der Waals surface area contributed by atoms with Gasteiger partial charge in [-0.3, -0.25) is 0 Å². The largest absolute Gasteiger partial charge is 0.489 e. The van der Waals surface area contributed by atoms with Crippen LogP contribution in [0.1, 0.15) is 23.1 Å². The summed E-state index contributed by atoms with van der Waals surface area (Å²) in [4.78, 5) is 0. The van der Waals surface area contributed by atoms with Crippen molar-refractivity contribution in [3.63, 3.8) is 0 Å². The van der Waals surface area contributed by atoms with E-state index in [1.807, 2.05) is 48.5 Å². The average Bonchev–Trinajstić information content (AvgIpc) is 2.48. The molecule has 0 spiro atoms. The molecule has 0 aliphatic heterocycles. The molecule has 0 aliphatic carbocycles. The highest BCUT2D eigenvalue weighted by Gasteiger charge is 1.96. The molecule has 0 aliphatic rings. The van der Waals surface area contributed by atoms with Crippen molar-refractivity contribution in [2.24, 2.45) is 0 Å². The maximum absolute atomic E-state index is 8.66. The number of aliphatic hydroxyl groups is 1. The number of rotatable bonds is 4. The van der Waals surface area contributed by atoms with Crippen LogP contribution < -0.4 is 4.74 Å². The zero-order valence-corrected chi connectivity index (χ0v) is 11.6. The van der Waals surface area contributed by atoms with Crippen LogP contribution in [0.2, 0.25) is 0 Å². The number of hydrogen-bond acceptors (Lipinski definition) is 2. The second-order valence-electron chi connectivity index (χ2n) is 4.57. The molecule has 2 aromatic carbocycles. The molecule has 0 bridgehead atoms. The summed E-state index contributed by atoms with van der Waals surface area (Å²) in [6.45, 7) is 2.71. The molecular formula is C18H18O2. The fraction of sp³-hybridized carbons (Fsp3) is 0.222. The topological polar surface area (TPSA) is 29.5 Å². The van der Waals surface area contributed by atoms with E-state index in [0.717, 1.165) is 16.9 Å². The third kappa shape index (κ3) is 4.46. The fourth-order valence-corrected chi connectivity index (χ4v) is 1.71. The minimum Gasteiger partial charge on any atom is -0.489 e. The van der Waals surface area contributed by atoms with E-state index in [1.54, 1.807) is 0 Å². The molecule has 0 saturated carbocycles. The molecule has 0 fully saturated rings. The zero-order valence-electron chi connectivity index (χ0n) is 11.6. The number of ether oxygens (including phenoxy) is 1. The molecule has 0 amide bonds. The quantitative estimate of drug-likeness (QED) is 0.860. The van der Waals surface area contributed by atoms with E-state index in [-0.39, 0.29) is 6.61 Å². The van der Waals surface area contributed by atoms with Gasteiger partial charge in [-0.15, -0.1) is 0 Å². The van der Waals surface area contributed by atoms with Gasteiger partial charge in [0.1, 0.15) is 12.4 Å². The average molecular weight is 266 g/mol. The van der Waals surface area contributed by atoms with Crippen molar-refractivity contribution < 1.29 is 9.84 Å². The molecule has 0 aromatic heterocycles. The molecule has 2 heteroatoms. The van der Waals surface area contributed by atoms with Gasteiger partial charge in [0.25, 0.3) is 0 Å². The van der Waals surface area contributed by atoms with Crippen molar-refractivity contribution in [3.8, 4) is 17.6 Å². The van der Waals surface area contributed by atoms with E-state index in [2.05, 4.69) is 18.8 Å². The van der Waals surface area contributed by atoms with Crippen molar-refractivity contribution in [2.45, 2.75) is 20.0 Å². The van der Waals surface area contributed by atoms with Gasteiger partial charge in [0, 0.05) is 12.0 Å². The lowest BCUT2D eigenvalue weighted by atomic mass is 10.1. The van der Waals surface area contributed by atoms with Crippen LogP contribution in [-0.4, -0.2) is 11.7 Å². The molecule has 20 heavy (non-hydrogen) atoms. The molecule has 1 N–H and O–H groups in total. The van der Waals surface area contributed by atoms with Crippen LogP contribution in [0.3, 0.4) is 0 Å². The Morgan fingerprint density at radius 2 is 1.70 bits per heavy atom. The van der Waals surface area contributed by atoms with Gasteiger partial charge in [-0.1, -0.05) is 41.7 Å². The second-order valence-corrected chi connectivity index (χ2v) is 4.57. The first kappa shape index (κ1) is 14.2. The highest BCUT2D eigenvalue weighted by Crippen LogP contribution is 2.14. The van der Waals surface area contributed by atoms with Gasteiger partial charge in [0.15, 0.2) is 0 Å². The Morgan fingerprint density at radius 1 is 1.00 bits per heavy atom. The molecular weight excluding hydrogens is 248 g/mol. The predicted octanol–water partition coefficient (Wildman–Crippen LogP) is 3.31. The van der Waals surface area contributed by atoms with Gasteiger partial charge in [-0.2, -0.15) is 0 Å². The Labute approximate surface area is 120 Å². The summed E-state index contributed by atoms with van der Waals surface area (Å²) in [5.74, 6) is 6.78. The second kappa shape index (κ2) is 7.37. The summed E-state index contributed by atoms with van der Waals surface area (Å²) >= 11 is 0. The first-order valence-electron chi connectivity index (χ1n) is 6.66. The van der Waals surface area contributed by atoms with Crippen LogP contribution in [0, 0.1) is 18.8 Å². The summed E-state index contributed by atoms with van der Waals surface area (Å²) in [6.07, 6.45) is 0.512. The van der Waals surface area contributed by atoms with Gasteiger partial charge in [-0.25, -0.2) is 0 Å². The molecule has 0 unspecified atom stereocenters. The number of benzene rings is 2. The highest BCUT2D eigenvalue weighted by molar-refractivity contribution is 5.36. The molecule has 0 saturated heterocycles. The summed E-state index contributed by atoms with van der Waals surface area (Å²) in [5, 5.41) is 8.66. The Hall–Kier alpha value is -2.24.